The number of rotatable bonds is 5. The fraction of sp³-hybridized carbons (Fsp3) is 0. The Bertz CT molecular complexity index is 2820. The van der Waals surface area contributed by atoms with Gasteiger partial charge in [0.2, 0.25) is 0 Å². The summed E-state index contributed by atoms with van der Waals surface area (Å²) in [5, 5.41) is 3.99. The zero-order valence-corrected chi connectivity index (χ0v) is 25.0. The Balaban J connectivity index is 1.21. The molecule has 0 saturated heterocycles. The third kappa shape index (κ3) is 5.02. The van der Waals surface area contributed by atoms with Crippen molar-refractivity contribution in [3.63, 3.8) is 0 Å². The molecule has 0 bridgehead atoms. The quantitative estimate of drug-likeness (QED) is 0.196. The SMILES string of the molecule is [2H]c1c([2H])c([2H])c(-c2nc(-c3cccc(-c4ccc(-c5ccccc5)cc4)c3)nc(-c3ccc4oc5cc6ccccc6cc5c4c3)n2)c([2H])c1[2H]. The predicted octanol–water partition coefficient (Wildman–Crippen LogP) is 11.3. The third-order valence-electron chi connectivity index (χ3n) is 8.40. The van der Waals surface area contributed by atoms with Gasteiger partial charge in [-0.25, -0.2) is 15.0 Å². The van der Waals surface area contributed by atoms with Crippen molar-refractivity contribution < 1.29 is 11.3 Å². The van der Waals surface area contributed by atoms with E-state index in [0.29, 0.717) is 28.4 Å². The Labute approximate surface area is 278 Å². The summed E-state index contributed by atoms with van der Waals surface area (Å²) in [5.41, 5.74) is 6.92. The smallest absolute Gasteiger partial charge is 0.164 e. The van der Waals surface area contributed by atoms with Gasteiger partial charge in [0, 0.05) is 27.5 Å². The van der Waals surface area contributed by atoms with Crippen LogP contribution in [0.1, 0.15) is 6.85 Å². The van der Waals surface area contributed by atoms with Crippen molar-refractivity contribution in [2.45, 2.75) is 0 Å². The van der Waals surface area contributed by atoms with E-state index in [1.807, 2.05) is 78.9 Å². The number of benzene rings is 7. The summed E-state index contributed by atoms with van der Waals surface area (Å²) in [4.78, 5) is 14.4. The molecule has 4 nitrogen and oxygen atoms in total. The molecule has 0 amide bonds. The van der Waals surface area contributed by atoms with E-state index >= 15 is 0 Å². The minimum absolute atomic E-state index is 0.0160. The molecule has 47 heavy (non-hydrogen) atoms. The van der Waals surface area contributed by atoms with Crippen LogP contribution in [0, 0.1) is 0 Å². The number of hydrogen-bond acceptors (Lipinski definition) is 4. The maximum Gasteiger partial charge on any atom is 0.164 e. The second-order valence-corrected chi connectivity index (χ2v) is 11.3. The molecule has 0 atom stereocenters. The first-order chi connectivity index (χ1) is 25.3. The molecular formula is C43H27N3O. The van der Waals surface area contributed by atoms with E-state index in [2.05, 4.69) is 54.6 Å². The first-order valence-corrected chi connectivity index (χ1v) is 15.3. The van der Waals surface area contributed by atoms with Crippen LogP contribution in [-0.4, -0.2) is 15.0 Å². The number of furan rings is 1. The van der Waals surface area contributed by atoms with Gasteiger partial charge in [0.05, 0.1) is 6.85 Å². The van der Waals surface area contributed by atoms with Crippen molar-refractivity contribution in [3.05, 3.63) is 164 Å². The lowest BCUT2D eigenvalue weighted by molar-refractivity contribution is 0.669. The van der Waals surface area contributed by atoms with Crippen molar-refractivity contribution in [1.29, 1.82) is 0 Å². The number of fused-ring (bicyclic) bond motifs is 4. The van der Waals surface area contributed by atoms with Gasteiger partial charge in [-0.05, 0) is 69.4 Å². The maximum absolute atomic E-state index is 8.71. The normalized spacial score (nSPS) is 12.9. The summed E-state index contributed by atoms with van der Waals surface area (Å²) >= 11 is 0. The van der Waals surface area contributed by atoms with E-state index in [-0.39, 0.29) is 23.5 Å². The van der Waals surface area contributed by atoms with Crippen molar-refractivity contribution in [1.82, 2.24) is 15.0 Å². The van der Waals surface area contributed by atoms with E-state index in [9.17, 15) is 0 Å². The average molecular weight is 607 g/mol. The highest BCUT2D eigenvalue weighted by Crippen LogP contribution is 2.35. The van der Waals surface area contributed by atoms with Gasteiger partial charge in [0.25, 0.3) is 0 Å². The summed E-state index contributed by atoms with van der Waals surface area (Å²) in [7, 11) is 0. The van der Waals surface area contributed by atoms with Crippen LogP contribution in [0.15, 0.2) is 168 Å². The largest absolute Gasteiger partial charge is 0.456 e. The molecule has 0 saturated carbocycles. The number of aromatic nitrogens is 3. The molecule has 0 fully saturated rings. The van der Waals surface area contributed by atoms with Crippen LogP contribution in [0.4, 0.5) is 0 Å². The molecule has 0 radical (unpaired) electrons. The molecule has 0 unspecified atom stereocenters. The van der Waals surface area contributed by atoms with E-state index in [4.69, 9.17) is 26.2 Å². The molecule has 9 rings (SSSR count). The van der Waals surface area contributed by atoms with Gasteiger partial charge < -0.3 is 4.42 Å². The van der Waals surface area contributed by atoms with Crippen molar-refractivity contribution in [2.24, 2.45) is 0 Å². The topological polar surface area (TPSA) is 51.8 Å². The first-order valence-electron chi connectivity index (χ1n) is 17.8. The van der Waals surface area contributed by atoms with Gasteiger partial charge >= 0.3 is 0 Å². The summed E-state index contributed by atoms with van der Waals surface area (Å²) in [6, 6.07) is 42.1. The van der Waals surface area contributed by atoms with Gasteiger partial charge in [0.15, 0.2) is 17.5 Å². The maximum atomic E-state index is 8.71. The lowest BCUT2D eigenvalue weighted by Gasteiger charge is -2.10. The Morgan fingerprint density at radius 1 is 0.383 bits per heavy atom. The second-order valence-electron chi connectivity index (χ2n) is 11.3. The Kier molecular flexibility index (Phi) is 5.28. The van der Waals surface area contributed by atoms with Crippen molar-refractivity contribution in [3.8, 4) is 56.4 Å². The second kappa shape index (κ2) is 11.2. The summed E-state index contributed by atoms with van der Waals surface area (Å²) < 4.78 is 48.4. The molecule has 0 spiro atoms. The Morgan fingerprint density at radius 2 is 0.915 bits per heavy atom. The molecule has 0 aliphatic rings. The molecule has 0 aliphatic carbocycles. The predicted molar refractivity (Wildman–Crippen MR) is 192 cm³/mol. The van der Waals surface area contributed by atoms with Crippen LogP contribution < -0.4 is 0 Å². The zero-order valence-electron chi connectivity index (χ0n) is 30.0. The molecule has 0 N–H and O–H groups in total. The van der Waals surface area contributed by atoms with Crippen molar-refractivity contribution >= 4 is 32.7 Å². The zero-order chi connectivity index (χ0) is 35.5. The van der Waals surface area contributed by atoms with Gasteiger partial charge in [0.1, 0.15) is 11.2 Å². The standard InChI is InChI=1S/C43H27N3O/c1-3-10-28(11-4-1)29-18-20-30(21-19-29)32-16-9-17-35(24-32)42-44-41(31-12-5-2-6-13-31)45-43(46-42)36-22-23-39-37(26-36)38-25-33-14-7-8-15-34(33)27-40(38)47-39/h1-27H/i2D,5D,6D,12D,13D. The van der Waals surface area contributed by atoms with Crippen LogP contribution in [0.3, 0.4) is 0 Å². The van der Waals surface area contributed by atoms with E-state index in [1.54, 1.807) is 0 Å². The van der Waals surface area contributed by atoms with Crippen LogP contribution in [0.2, 0.25) is 0 Å². The number of nitrogens with zero attached hydrogens (tertiary/aromatic N) is 3. The Morgan fingerprint density at radius 3 is 1.66 bits per heavy atom. The molecule has 7 aromatic carbocycles. The summed E-state index contributed by atoms with van der Waals surface area (Å²) in [6.07, 6.45) is 0. The minimum atomic E-state index is -0.482. The van der Waals surface area contributed by atoms with Gasteiger partial charge in [-0.2, -0.15) is 0 Å². The van der Waals surface area contributed by atoms with E-state index < -0.39 is 18.1 Å². The van der Waals surface area contributed by atoms with Crippen LogP contribution in [-0.2, 0) is 0 Å². The molecule has 2 aromatic heterocycles. The summed E-state index contributed by atoms with van der Waals surface area (Å²) in [6.45, 7) is 0. The fourth-order valence-corrected chi connectivity index (χ4v) is 6.03. The van der Waals surface area contributed by atoms with Crippen LogP contribution >= 0.6 is 0 Å². The molecule has 0 aliphatic heterocycles. The highest BCUT2D eigenvalue weighted by molar-refractivity contribution is 6.10. The summed E-state index contributed by atoms with van der Waals surface area (Å²) in [5.74, 6) is 0.580. The van der Waals surface area contributed by atoms with Gasteiger partial charge in [-0.1, -0.05) is 127 Å². The average Bonchev–Trinajstić information content (AvgIpc) is 3.55. The highest BCUT2D eigenvalue weighted by Gasteiger charge is 2.15. The molecular weight excluding hydrogens is 574 g/mol. The molecule has 220 valence electrons. The molecule has 9 aromatic rings. The minimum Gasteiger partial charge on any atom is -0.456 e. The lowest BCUT2D eigenvalue weighted by atomic mass is 9.99. The van der Waals surface area contributed by atoms with Crippen LogP contribution in [0.25, 0.3) is 89.1 Å². The van der Waals surface area contributed by atoms with E-state index in [0.717, 1.165) is 49.4 Å². The lowest BCUT2D eigenvalue weighted by Crippen LogP contribution is -2.00. The van der Waals surface area contributed by atoms with Gasteiger partial charge in [-0.3, -0.25) is 0 Å². The molecule has 4 heteroatoms. The first kappa shape index (κ1) is 22.2. The third-order valence-corrected chi connectivity index (χ3v) is 8.40. The molecule has 2 heterocycles. The van der Waals surface area contributed by atoms with Crippen LogP contribution in [0.5, 0.6) is 0 Å². The van der Waals surface area contributed by atoms with Crippen molar-refractivity contribution in [2.75, 3.05) is 0 Å². The highest BCUT2D eigenvalue weighted by atomic mass is 16.3. The number of hydrogen-bond donors (Lipinski definition) is 0. The fourth-order valence-electron chi connectivity index (χ4n) is 6.03. The van der Waals surface area contributed by atoms with Gasteiger partial charge in [-0.15, -0.1) is 0 Å². The monoisotopic (exact) mass is 606 g/mol. The Hall–Kier alpha value is -6.39. The van der Waals surface area contributed by atoms with E-state index in [1.165, 1.54) is 0 Å².